The molecule has 3 heterocycles. The average molecular weight is 534 g/mol. The highest BCUT2D eigenvalue weighted by atomic mass is 19.1. The van der Waals surface area contributed by atoms with Gasteiger partial charge in [0.2, 0.25) is 11.8 Å². The molecule has 1 saturated carbocycles. The van der Waals surface area contributed by atoms with Gasteiger partial charge in [-0.05, 0) is 74.4 Å². The summed E-state index contributed by atoms with van der Waals surface area (Å²) < 4.78 is 27.8. The van der Waals surface area contributed by atoms with E-state index in [0.717, 1.165) is 54.3 Å². The number of halogens is 1. The fraction of sp³-hybridized carbons (Fsp3) is 0.433. The van der Waals surface area contributed by atoms with Crippen molar-refractivity contribution in [3.8, 4) is 11.5 Å². The van der Waals surface area contributed by atoms with E-state index in [1.54, 1.807) is 6.07 Å². The van der Waals surface area contributed by atoms with Gasteiger partial charge in [-0.15, -0.1) is 0 Å². The highest BCUT2D eigenvalue weighted by Crippen LogP contribution is 2.33. The van der Waals surface area contributed by atoms with Crippen LogP contribution < -0.4 is 0 Å². The van der Waals surface area contributed by atoms with Crippen LogP contribution in [0.25, 0.3) is 33.5 Å². The molecular weight excluding hydrogens is 501 g/mol. The minimum absolute atomic E-state index is 0.0477. The van der Waals surface area contributed by atoms with Crippen LogP contribution in [-0.4, -0.2) is 56.7 Å². The van der Waals surface area contributed by atoms with Crippen LogP contribution in [0.5, 0.6) is 0 Å². The summed E-state index contributed by atoms with van der Waals surface area (Å²) in [5.74, 6) is -0.753. The normalized spacial score (nSPS) is 21.7. The fourth-order valence-corrected chi connectivity index (χ4v) is 6.06. The number of amides is 1. The molecule has 2 fully saturated rings. The van der Waals surface area contributed by atoms with Gasteiger partial charge < -0.3 is 23.7 Å². The molecule has 0 radical (unpaired) electrons. The van der Waals surface area contributed by atoms with Crippen molar-refractivity contribution < 1.29 is 28.2 Å². The van der Waals surface area contributed by atoms with Gasteiger partial charge in [0, 0.05) is 25.2 Å². The summed E-state index contributed by atoms with van der Waals surface area (Å²) in [6, 6.07) is 10.4. The quantitative estimate of drug-likeness (QED) is 0.345. The molecule has 1 aliphatic carbocycles. The van der Waals surface area contributed by atoms with Crippen LogP contribution in [0, 0.1) is 11.7 Å². The Kier molecular flexibility index (Phi) is 6.85. The zero-order valence-electron chi connectivity index (χ0n) is 21.9. The minimum atomic E-state index is -0.717. The van der Waals surface area contributed by atoms with Crippen molar-refractivity contribution in [2.75, 3.05) is 13.2 Å². The first-order valence-corrected chi connectivity index (χ1v) is 13.6. The maximum atomic E-state index is 13.7. The molecular formula is C30H32FN3O5. The van der Waals surface area contributed by atoms with E-state index in [0.29, 0.717) is 36.4 Å². The van der Waals surface area contributed by atoms with Crippen molar-refractivity contribution in [3.05, 3.63) is 54.0 Å². The molecule has 1 aliphatic heterocycles. The monoisotopic (exact) mass is 533 g/mol. The standard InChI is InChI=1S/C30H32FN3O5/c1-33-16-24(23-10-7-20(31)15-26(23)33)29-32-25-11-4-18(13-27(25)39-29)14-28(35)34-12-2-3-21(34)17-38-22-8-5-19(6-9-22)30(36)37/h4,7,10-11,13,15-16,19,21-22H,2-3,5-6,8-9,12,14,17H2,1H3,(H,36,37)/t19-,21-,22-/m0/s1. The Morgan fingerprint density at radius 3 is 2.74 bits per heavy atom. The van der Waals surface area contributed by atoms with Gasteiger partial charge >= 0.3 is 5.97 Å². The van der Waals surface area contributed by atoms with Crippen LogP contribution >= 0.6 is 0 Å². The van der Waals surface area contributed by atoms with Crippen molar-refractivity contribution in [1.82, 2.24) is 14.5 Å². The fourth-order valence-electron chi connectivity index (χ4n) is 6.06. The number of hydrogen-bond donors (Lipinski definition) is 1. The molecule has 8 nitrogen and oxygen atoms in total. The molecule has 39 heavy (non-hydrogen) atoms. The molecule has 0 spiro atoms. The highest BCUT2D eigenvalue weighted by molar-refractivity contribution is 5.95. The van der Waals surface area contributed by atoms with Gasteiger partial charge in [-0.2, -0.15) is 0 Å². The van der Waals surface area contributed by atoms with Crippen molar-refractivity contribution in [2.24, 2.45) is 13.0 Å². The summed E-state index contributed by atoms with van der Waals surface area (Å²) >= 11 is 0. The Hall–Kier alpha value is -3.72. The van der Waals surface area contributed by atoms with E-state index in [-0.39, 0.29) is 36.2 Å². The molecule has 2 aromatic carbocycles. The van der Waals surface area contributed by atoms with Crippen LogP contribution in [0.2, 0.25) is 0 Å². The Balaban J connectivity index is 1.11. The smallest absolute Gasteiger partial charge is 0.306 e. The molecule has 1 N–H and O–H groups in total. The van der Waals surface area contributed by atoms with E-state index >= 15 is 0 Å². The highest BCUT2D eigenvalue weighted by Gasteiger charge is 2.31. The summed E-state index contributed by atoms with van der Waals surface area (Å²) in [5, 5.41) is 10.1. The van der Waals surface area contributed by atoms with E-state index in [1.807, 2.05) is 40.9 Å². The average Bonchev–Trinajstić information content (AvgIpc) is 3.64. The number of likely N-dealkylation sites (tertiary alicyclic amines) is 1. The van der Waals surface area contributed by atoms with Crippen molar-refractivity contribution in [2.45, 2.75) is 57.1 Å². The Morgan fingerprint density at radius 2 is 1.95 bits per heavy atom. The SMILES string of the molecule is Cn1cc(-c2nc3ccc(CC(=O)N4CCC[C@H]4CO[C@H]4CC[C@H](C(=O)O)CC4)cc3o2)c2ccc(F)cc21. The first kappa shape index (κ1) is 25.6. The van der Waals surface area contributed by atoms with Gasteiger partial charge in [0.25, 0.3) is 0 Å². The third-order valence-corrected chi connectivity index (χ3v) is 8.24. The maximum absolute atomic E-state index is 13.7. The lowest BCUT2D eigenvalue weighted by atomic mass is 9.87. The first-order valence-electron chi connectivity index (χ1n) is 13.6. The van der Waals surface area contributed by atoms with Gasteiger partial charge in [-0.1, -0.05) is 6.07 Å². The molecule has 4 aromatic rings. The number of aryl methyl sites for hydroxylation is 1. The van der Waals surface area contributed by atoms with Gasteiger partial charge in [0.1, 0.15) is 11.3 Å². The molecule has 1 saturated heterocycles. The number of aliphatic carboxylic acids is 1. The van der Waals surface area contributed by atoms with Crippen molar-refractivity contribution in [3.63, 3.8) is 0 Å². The number of carboxylic acid groups (broad SMARTS) is 1. The number of rotatable bonds is 7. The zero-order valence-corrected chi connectivity index (χ0v) is 21.9. The summed E-state index contributed by atoms with van der Waals surface area (Å²) in [6.45, 7) is 1.21. The Labute approximate surface area is 225 Å². The topological polar surface area (TPSA) is 97.8 Å². The molecule has 1 amide bonds. The summed E-state index contributed by atoms with van der Waals surface area (Å²) in [5.41, 5.74) is 3.71. The second-order valence-corrected chi connectivity index (χ2v) is 10.8. The summed E-state index contributed by atoms with van der Waals surface area (Å²) in [7, 11) is 1.86. The molecule has 2 aliphatic rings. The van der Waals surface area contributed by atoms with Crippen LogP contribution in [0.1, 0.15) is 44.1 Å². The van der Waals surface area contributed by atoms with E-state index in [9.17, 15) is 19.1 Å². The van der Waals surface area contributed by atoms with E-state index in [1.165, 1.54) is 12.1 Å². The lowest BCUT2D eigenvalue weighted by Crippen LogP contribution is -2.40. The van der Waals surface area contributed by atoms with Gasteiger partial charge in [0.15, 0.2) is 5.58 Å². The second-order valence-electron chi connectivity index (χ2n) is 10.8. The van der Waals surface area contributed by atoms with Crippen LogP contribution in [0.15, 0.2) is 47.0 Å². The number of benzene rings is 2. The lowest BCUT2D eigenvalue weighted by molar-refractivity contribution is -0.144. The van der Waals surface area contributed by atoms with E-state index in [2.05, 4.69) is 4.98 Å². The summed E-state index contributed by atoms with van der Waals surface area (Å²) in [4.78, 5) is 31.0. The number of aromatic nitrogens is 2. The molecule has 0 bridgehead atoms. The van der Waals surface area contributed by atoms with Crippen molar-refractivity contribution in [1.29, 1.82) is 0 Å². The minimum Gasteiger partial charge on any atom is -0.481 e. The second kappa shape index (κ2) is 10.4. The molecule has 2 aromatic heterocycles. The number of carbonyl (C=O) groups is 2. The Morgan fingerprint density at radius 1 is 1.13 bits per heavy atom. The number of hydrogen-bond acceptors (Lipinski definition) is 5. The van der Waals surface area contributed by atoms with Gasteiger partial charge in [-0.25, -0.2) is 9.37 Å². The maximum Gasteiger partial charge on any atom is 0.306 e. The third-order valence-electron chi connectivity index (χ3n) is 8.24. The number of ether oxygens (including phenoxy) is 1. The summed E-state index contributed by atoms with van der Waals surface area (Å²) in [6.07, 6.45) is 6.89. The molecule has 0 unspecified atom stereocenters. The lowest BCUT2D eigenvalue weighted by Gasteiger charge is -2.30. The number of carbonyl (C=O) groups excluding carboxylic acids is 1. The van der Waals surface area contributed by atoms with Gasteiger partial charge in [-0.3, -0.25) is 9.59 Å². The number of nitrogens with zero attached hydrogens (tertiary/aromatic N) is 3. The molecule has 6 rings (SSSR count). The molecule has 9 heteroatoms. The third kappa shape index (κ3) is 5.15. The Bertz CT molecular complexity index is 1530. The number of carboxylic acids is 1. The van der Waals surface area contributed by atoms with Crippen LogP contribution in [-0.2, 0) is 27.8 Å². The molecule has 1 atom stereocenters. The van der Waals surface area contributed by atoms with Crippen LogP contribution in [0.4, 0.5) is 4.39 Å². The van der Waals surface area contributed by atoms with E-state index < -0.39 is 5.97 Å². The van der Waals surface area contributed by atoms with Crippen LogP contribution in [0.3, 0.4) is 0 Å². The first-order chi connectivity index (χ1) is 18.9. The van der Waals surface area contributed by atoms with E-state index in [4.69, 9.17) is 9.15 Å². The predicted octanol–water partition coefficient (Wildman–Crippen LogP) is 5.32. The number of oxazole rings is 1. The molecule has 204 valence electrons. The predicted molar refractivity (Wildman–Crippen MR) is 144 cm³/mol. The zero-order chi connectivity index (χ0) is 27.1. The van der Waals surface area contributed by atoms with Crippen molar-refractivity contribution >= 4 is 33.9 Å². The largest absolute Gasteiger partial charge is 0.481 e. The van der Waals surface area contributed by atoms with Gasteiger partial charge in [0.05, 0.1) is 42.2 Å². The number of fused-ring (bicyclic) bond motifs is 2.